The van der Waals surface area contributed by atoms with Crippen molar-refractivity contribution in [2.24, 2.45) is 0 Å². The molecule has 2 aromatic heterocycles. The summed E-state index contributed by atoms with van der Waals surface area (Å²) in [5, 5.41) is 0.663. The number of aryl methyl sites for hydroxylation is 1. The van der Waals surface area contributed by atoms with Crippen LogP contribution in [0.25, 0.3) is 10.2 Å². The monoisotopic (exact) mass is 455 g/mol. The van der Waals surface area contributed by atoms with Gasteiger partial charge in [0, 0.05) is 44.1 Å². The zero-order valence-corrected chi connectivity index (χ0v) is 19.3. The smallest absolute Gasteiger partial charge is 0.282 e. The normalized spacial score (nSPS) is 25.2. The van der Waals surface area contributed by atoms with Crippen molar-refractivity contribution in [2.45, 2.75) is 46.1 Å². The van der Waals surface area contributed by atoms with Gasteiger partial charge in [-0.2, -0.15) is 17.0 Å². The van der Waals surface area contributed by atoms with Gasteiger partial charge in [0.05, 0.1) is 24.3 Å². The van der Waals surface area contributed by atoms with Crippen LogP contribution in [0.4, 0.5) is 0 Å². The fourth-order valence-corrected chi connectivity index (χ4v) is 6.76. The molecule has 4 rings (SSSR count). The topological polar surface area (TPSA) is 88.0 Å². The number of aromatic nitrogens is 2. The molecule has 2 atom stereocenters. The largest absolute Gasteiger partial charge is 0.373 e. The summed E-state index contributed by atoms with van der Waals surface area (Å²) in [6, 6.07) is 1.93. The summed E-state index contributed by atoms with van der Waals surface area (Å²) < 4.78 is 36.4. The second-order valence-corrected chi connectivity index (χ2v) is 11.1. The zero-order chi connectivity index (χ0) is 21.5. The Morgan fingerprint density at radius 1 is 1.13 bits per heavy atom. The average Bonchev–Trinajstić information content (AvgIpc) is 3.14. The quantitative estimate of drug-likeness (QED) is 0.667. The van der Waals surface area contributed by atoms with E-state index in [0.29, 0.717) is 51.3 Å². The number of rotatable bonds is 5. The first-order chi connectivity index (χ1) is 14.3. The second-order valence-electron chi connectivity index (χ2n) is 8.05. The van der Waals surface area contributed by atoms with Crippen molar-refractivity contribution in [2.75, 3.05) is 39.3 Å². The number of thiophene rings is 1. The molecule has 0 spiro atoms. The van der Waals surface area contributed by atoms with Crippen molar-refractivity contribution in [1.29, 1.82) is 0 Å². The predicted molar refractivity (Wildman–Crippen MR) is 117 cm³/mol. The van der Waals surface area contributed by atoms with Crippen LogP contribution in [-0.2, 0) is 28.0 Å². The minimum absolute atomic E-state index is 0.0395. The van der Waals surface area contributed by atoms with Crippen LogP contribution in [0.1, 0.15) is 25.6 Å². The lowest BCUT2D eigenvalue weighted by Crippen LogP contribution is -2.57. The molecule has 0 aliphatic carbocycles. The molecule has 2 aromatic rings. The minimum Gasteiger partial charge on any atom is -0.373 e. The van der Waals surface area contributed by atoms with Crippen molar-refractivity contribution in [3.05, 3.63) is 27.6 Å². The van der Waals surface area contributed by atoms with E-state index in [1.54, 1.807) is 26.5 Å². The summed E-state index contributed by atoms with van der Waals surface area (Å²) in [5.41, 5.74) is -0.0395. The summed E-state index contributed by atoms with van der Waals surface area (Å²) in [4.78, 5) is 21.3. The van der Waals surface area contributed by atoms with Crippen LogP contribution >= 0.6 is 11.3 Å². The third-order valence-corrected chi connectivity index (χ3v) is 8.80. The van der Waals surface area contributed by atoms with Gasteiger partial charge in [0.1, 0.15) is 11.2 Å². The summed E-state index contributed by atoms with van der Waals surface area (Å²) in [7, 11) is -3.50. The zero-order valence-electron chi connectivity index (χ0n) is 17.7. The maximum atomic E-state index is 13.0. The van der Waals surface area contributed by atoms with Crippen LogP contribution < -0.4 is 5.56 Å². The first-order valence-corrected chi connectivity index (χ1v) is 12.6. The maximum absolute atomic E-state index is 13.0. The average molecular weight is 456 g/mol. The first-order valence-electron chi connectivity index (χ1n) is 10.4. The predicted octanol–water partition coefficient (Wildman–Crippen LogP) is 0.950. The number of ether oxygens (including phenoxy) is 1. The van der Waals surface area contributed by atoms with Crippen LogP contribution in [0.15, 0.2) is 17.2 Å². The Hall–Kier alpha value is -1.37. The van der Waals surface area contributed by atoms with Crippen molar-refractivity contribution < 1.29 is 13.2 Å². The van der Waals surface area contributed by atoms with E-state index in [9.17, 15) is 13.2 Å². The van der Waals surface area contributed by atoms with E-state index in [1.807, 2.05) is 19.9 Å². The second kappa shape index (κ2) is 8.64. The fourth-order valence-electron chi connectivity index (χ4n) is 4.08. The third kappa shape index (κ3) is 4.32. The highest BCUT2D eigenvalue weighted by molar-refractivity contribution is 7.86. The molecule has 11 heteroatoms. The van der Waals surface area contributed by atoms with Crippen LogP contribution in [0.5, 0.6) is 0 Å². The van der Waals surface area contributed by atoms with Gasteiger partial charge < -0.3 is 4.74 Å². The van der Waals surface area contributed by atoms with Crippen LogP contribution in [0.3, 0.4) is 0 Å². The molecule has 2 aliphatic heterocycles. The Bertz CT molecular complexity index is 1050. The van der Waals surface area contributed by atoms with E-state index < -0.39 is 10.2 Å². The van der Waals surface area contributed by atoms with E-state index in [0.717, 1.165) is 16.1 Å². The molecule has 166 valence electrons. The van der Waals surface area contributed by atoms with Crippen LogP contribution in [0, 0.1) is 0 Å². The molecular formula is C19H29N5O4S2. The molecule has 0 amide bonds. The van der Waals surface area contributed by atoms with Gasteiger partial charge in [-0.25, -0.2) is 4.98 Å². The lowest BCUT2D eigenvalue weighted by Gasteiger charge is -2.40. The Labute approximate surface area is 181 Å². The molecule has 30 heavy (non-hydrogen) atoms. The van der Waals surface area contributed by atoms with Gasteiger partial charge in [-0.15, -0.1) is 11.3 Å². The summed E-state index contributed by atoms with van der Waals surface area (Å²) in [6.07, 6.45) is 2.27. The van der Waals surface area contributed by atoms with Gasteiger partial charge in [0.2, 0.25) is 0 Å². The van der Waals surface area contributed by atoms with Gasteiger partial charge in [0.15, 0.2) is 0 Å². The molecule has 2 unspecified atom stereocenters. The van der Waals surface area contributed by atoms with Gasteiger partial charge in [-0.3, -0.25) is 14.3 Å². The lowest BCUT2D eigenvalue weighted by atomic mass is 10.3. The number of hydrogen-bond donors (Lipinski definition) is 0. The lowest BCUT2D eigenvalue weighted by molar-refractivity contribution is -0.0458. The number of nitrogens with zero attached hydrogens (tertiary/aromatic N) is 5. The van der Waals surface area contributed by atoms with Gasteiger partial charge in [-0.05, 0) is 26.3 Å². The van der Waals surface area contributed by atoms with Crippen molar-refractivity contribution >= 4 is 31.8 Å². The maximum Gasteiger partial charge on any atom is 0.282 e. The molecule has 0 N–H and O–H groups in total. The first kappa shape index (κ1) is 21.8. The third-order valence-electron chi connectivity index (χ3n) is 5.64. The summed E-state index contributed by atoms with van der Waals surface area (Å²) in [5.74, 6) is 0. The van der Waals surface area contributed by atoms with E-state index in [4.69, 9.17) is 4.74 Å². The van der Waals surface area contributed by atoms with Gasteiger partial charge in [-0.1, -0.05) is 6.92 Å². The Morgan fingerprint density at radius 2 is 1.80 bits per heavy atom. The summed E-state index contributed by atoms with van der Waals surface area (Å²) in [6.45, 7) is 9.00. The van der Waals surface area contributed by atoms with Crippen molar-refractivity contribution in [3.8, 4) is 0 Å². The Kier molecular flexibility index (Phi) is 6.29. The van der Waals surface area contributed by atoms with Gasteiger partial charge in [0.25, 0.3) is 15.8 Å². The van der Waals surface area contributed by atoms with Crippen molar-refractivity contribution in [3.63, 3.8) is 0 Å². The Balaban J connectivity index is 1.41. The molecule has 0 bridgehead atoms. The minimum atomic E-state index is -3.50. The molecule has 2 saturated heterocycles. The van der Waals surface area contributed by atoms with E-state index in [-0.39, 0.29) is 17.8 Å². The number of morpholine rings is 1. The molecule has 0 aromatic carbocycles. The van der Waals surface area contributed by atoms with Crippen molar-refractivity contribution in [1.82, 2.24) is 23.1 Å². The number of fused-ring (bicyclic) bond motifs is 1. The Morgan fingerprint density at radius 3 is 2.43 bits per heavy atom. The molecule has 0 saturated carbocycles. The standard InChI is InChI=1S/C19H29N5O4S2/c1-4-16-9-17-18(29-16)20-12-22(19(17)25)13-21-5-7-23(8-6-21)30(26,27)24-10-14(2)28-15(3)11-24/h9,12,14-15H,4-8,10-11,13H2,1-3H3. The summed E-state index contributed by atoms with van der Waals surface area (Å²) >= 11 is 1.56. The van der Waals surface area contributed by atoms with Crippen LogP contribution in [-0.4, -0.2) is 83.0 Å². The molecular weight excluding hydrogens is 426 g/mol. The number of piperazine rings is 1. The van der Waals surface area contributed by atoms with E-state index in [1.165, 1.54) is 4.31 Å². The molecule has 4 heterocycles. The SMILES string of the molecule is CCc1cc2c(=O)n(CN3CCN(S(=O)(=O)N4CC(C)OC(C)C4)CC3)cnc2s1. The highest BCUT2D eigenvalue weighted by Crippen LogP contribution is 2.22. The molecule has 9 nitrogen and oxygen atoms in total. The van der Waals surface area contributed by atoms with Crippen LogP contribution in [0.2, 0.25) is 0 Å². The molecule has 2 fully saturated rings. The number of hydrogen-bond acceptors (Lipinski definition) is 7. The fraction of sp³-hybridized carbons (Fsp3) is 0.684. The highest BCUT2D eigenvalue weighted by atomic mass is 32.2. The molecule has 0 radical (unpaired) electrons. The van der Waals surface area contributed by atoms with E-state index in [2.05, 4.69) is 16.8 Å². The van der Waals surface area contributed by atoms with E-state index >= 15 is 0 Å². The van der Waals surface area contributed by atoms with Gasteiger partial charge >= 0.3 is 0 Å². The highest BCUT2D eigenvalue weighted by Gasteiger charge is 2.36. The molecule has 2 aliphatic rings.